The maximum atomic E-state index is 12.6. The molecule has 7 heteroatoms. The van der Waals surface area contributed by atoms with Crippen LogP contribution in [-0.2, 0) is 4.79 Å². The van der Waals surface area contributed by atoms with Crippen molar-refractivity contribution >= 4 is 22.9 Å². The van der Waals surface area contributed by atoms with Gasteiger partial charge in [-0.25, -0.2) is 9.50 Å². The summed E-state index contributed by atoms with van der Waals surface area (Å²) in [7, 11) is 0. The van der Waals surface area contributed by atoms with E-state index in [0.29, 0.717) is 24.5 Å². The van der Waals surface area contributed by atoms with Gasteiger partial charge in [-0.15, -0.1) is 11.3 Å². The van der Waals surface area contributed by atoms with Crippen molar-refractivity contribution in [3.8, 4) is 10.6 Å². The monoisotopic (exact) mass is 370 g/mol. The van der Waals surface area contributed by atoms with E-state index in [1.807, 2.05) is 29.3 Å². The molecule has 1 aliphatic rings. The maximum Gasteiger partial charge on any atom is 0.272 e. The summed E-state index contributed by atoms with van der Waals surface area (Å²) < 4.78 is 1.50. The number of thiophene rings is 1. The lowest BCUT2D eigenvalue weighted by Crippen LogP contribution is -2.29. The number of rotatable bonds is 4. The number of nitrogens with zero attached hydrogens (tertiary/aromatic N) is 3. The molecule has 3 aromatic heterocycles. The molecule has 6 nitrogen and oxygen atoms in total. The van der Waals surface area contributed by atoms with Crippen LogP contribution in [0.3, 0.4) is 0 Å². The van der Waals surface area contributed by atoms with E-state index in [-0.39, 0.29) is 17.4 Å². The largest absolute Gasteiger partial charge is 0.342 e. The van der Waals surface area contributed by atoms with Crippen molar-refractivity contribution in [3.63, 3.8) is 0 Å². The third-order valence-electron chi connectivity index (χ3n) is 4.86. The van der Waals surface area contributed by atoms with Crippen molar-refractivity contribution in [2.45, 2.75) is 33.1 Å². The summed E-state index contributed by atoms with van der Waals surface area (Å²) in [4.78, 5) is 32.6. The van der Waals surface area contributed by atoms with Crippen LogP contribution in [0.1, 0.15) is 37.4 Å². The fraction of sp³-hybridized carbons (Fsp3) is 0.421. The Balaban J connectivity index is 1.73. The van der Waals surface area contributed by atoms with Crippen LogP contribution in [0.2, 0.25) is 0 Å². The molecule has 26 heavy (non-hydrogen) atoms. The SMILES string of the molecule is Cc1c(-c2cccs2)[nH]n2c(=O)cc(C3CC(=O)N(CC(C)C)C3)nc12. The van der Waals surface area contributed by atoms with Gasteiger partial charge in [-0.2, -0.15) is 0 Å². The lowest BCUT2D eigenvalue weighted by Gasteiger charge is -2.18. The van der Waals surface area contributed by atoms with E-state index in [1.165, 1.54) is 4.52 Å². The molecule has 0 aliphatic carbocycles. The highest BCUT2D eigenvalue weighted by Gasteiger charge is 2.32. The molecule has 0 aromatic carbocycles. The molecule has 0 bridgehead atoms. The van der Waals surface area contributed by atoms with Crippen LogP contribution in [0.25, 0.3) is 16.2 Å². The Morgan fingerprint density at radius 3 is 2.88 bits per heavy atom. The first-order valence-electron chi connectivity index (χ1n) is 8.88. The fourth-order valence-corrected chi connectivity index (χ4v) is 4.40. The Morgan fingerprint density at radius 2 is 2.19 bits per heavy atom. The average Bonchev–Trinajstić information content (AvgIpc) is 3.29. The number of fused-ring (bicyclic) bond motifs is 1. The summed E-state index contributed by atoms with van der Waals surface area (Å²) in [6, 6.07) is 5.58. The molecule has 4 rings (SSSR count). The van der Waals surface area contributed by atoms with E-state index in [9.17, 15) is 9.59 Å². The highest BCUT2D eigenvalue weighted by molar-refractivity contribution is 7.13. The summed E-state index contributed by atoms with van der Waals surface area (Å²) in [5.74, 6) is 0.563. The van der Waals surface area contributed by atoms with Gasteiger partial charge in [-0.1, -0.05) is 19.9 Å². The van der Waals surface area contributed by atoms with Crippen LogP contribution in [0.15, 0.2) is 28.4 Å². The molecule has 1 atom stereocenters. The molecular formula is C19H22N4O2S. The zero-order valence-electron chi connectivity index (χ0n) is 15.2. The van der Waals surface area contributed by atoms with Gasteiger partial charge in [0.05, 0.1) is 16.3 Å². The lowest BCUT2D eigenvalue weighted by atomic mass is 10.0. The van der Waals surface area contributed by atoms with Gasteiger partial charge in [0.1, 0.15) is 0 Å². The number of H-pyrrole nitrogens is 1. The zero-order valence-corrected chi connectivity index (χ0v) is 16.0. The molecule has 0 saturated carbocycles. The summed E-state index contributed by atoms with van der Waals surface area (Å²) in [6.45, 7) is 7.57. The Bertz CT molecular complexity index is 1020. The minimum Gasteiger partial charge on any atom is -0.342 e. The van der Waals surface area contributed by atoms with Gasteiger partial charge in [0, 0.05) is 37.1 Å². The molecule has 4 heterocycles. The highest BCUT2D eigenvalue weighted by Crippen LogP contribution is 2.30. The van der Waals surface area contributed by atoms with Gasteiger partial charge in [-0.3, -0.25) is 14.7 Å². The number of nitrogens with one attached hydrogen (secondary N) is 1. The predicted octanol–water partition coefficient (Wildman–Crippen LogP) is 3.03. The Labute approximate surface area is 155 Å². The topological polar surface area (TPSA) is 70.5 Å². The van der Waals surface area contributed by atoms with E-state index in [4.69, 9.17) is 4.98 Å². The van der Waals surface area contributed by atoms with E-state index >= 15 is 0 Å². The minimum absolute atomic E-state index is 0.0153. The Kier molecular flexibility index (Phi) is 4.19. The quantitative estimate of drug-likeness (QED) is 0.767. The molecule has 0 radical (unpaired) electrons. The van der Waals surface area contributed by atoms with Crippen molar-refractivity contribution in [2.24, 2.45) is 5.92 Å². The van der Waals surface area contributed by atoms with Crippen LogP contribution in [0.4, 0.5) is 0 Å². The summed E-state index contributed by atoms with van der Waals surface area (Å²) in [6.07, 6.45) is 0.427. The van der Waals surface area contributed by atoms with Gasteiger partial charge in [0.2, 0.25) is 5.91 Å². The summed E-state index contributed by atoms with van der Waals surface area (Å²) in [5.41, 5.74) is 3.10. The zero-order chi connectivity index (χ0) is 18.4. The number of amides is 1. The molecule has 1 fully saturated rings. The van der Waals surface area contributed by atoms with Crippen molar-refractivity contribution < 1.29 is 4.79 Å². The Morgan fingerprint density at radius 1 is 1.38 bits per heavy atom. The van der Waals surface area contributed by atoms with Gasteiger partial charge < -0.3 is 4.90 Å². The molecule has 1 amide bonds. The van der Waals surface area contributed by atoms with E-state index < -0.39 is 0 Å². The van der Waals surface area contributed by atoms with Crippen LogP contribution in [-0.4, -0.2) is 38.5 Å². The van der Waals surface area contributed by atoms with E-state index in [2.05, 4.69) is 18.9 Å². The first-order chi connectivity index (χ1) is 12.4. The number of aryl methyl sites for hydroxylation is 1. The molecule has 1 aliphatic heterocycles. The lowest BCUT2D eigenvalue weighted by molar-refractivity contribution is -0.128. The highest BCUT2D eigenvalue weighted by atomic mass is 32.1. The van der Waals surface area contributed by atoms with Crippen LogP contribution >= 0.6 is 11.3 Å². The number of hydrogen-bond acceptors (Lipinski definition) is 4. The van der Waals surface area contributed by atoms with Crippen LogP contribution in [0.5, 0.6) is 0 Å². The molecule has 1 saturated heterocycles. The minimum atomic E-state index is -0.134. The maximum absolute atomic E-state index is 12.6. The van der Waals surface area contributed by atoms with Crippen LogP contribution < -0.4 is 5.56 Å². The first-order valence-corrected chi connectivity index (χ1v) is 9.76. The number of carbonyl (C=O) groups excluding carboxylic acids is 1. The van der Waals surface area contributed by atoms with Crippen molar-refractivity contribution in [2.75, 3.05) is 13.1 Å². The van der Waals surface area contributed by atoms with Gasteiger partial charge in [0.25, 0.3) is 5.56 Å². The average molecular weight is 370 g/mol. The normalized spacial score (nSPS) is 17.8. The molecule has 3 aromatic rings. The smallest absolute Gasteiger partial charge is 0.272 e. The third kappa shape index (κ3) is 2.86. The fourth-order valence-electron chi connectivity index (χ4n) is 3.62. The number of aromatic amines is 1. The number of likely N-dealkylation sites (tertiary alicyclic amines) is 1. The first kappa shape index (κ1) is 17.0. The molecule has 1 N–H and O–H groups in total. The number of hydrogen-bond donors (Lipinski definition) is 1. The molecular weight excluding hydrogens is 348 g/mol. The second-order valence-corrected chi connectivity index (χ2v) is 8.31. The van der Waals surface area contributed by atoms with Crippen molar-refractivity contribution in [3.05, 3.63) is 45.2 Å². The summed E-state index contributed by atoms with van der Waals surface area (Å²) >= 11 is 1.62. The number of carbonyl (C=O) groups is 1. The standard InChI is InChI=1S/C19H22N4O2S/c1-11(2)9-22-10-13(7-16(22)24)14-8-17(25)23-19(20-14)12(3)18(21-23)15-5-4-6-26-15/h4-6,8,11,13,21H,7,9-10H2,1-3H3. The molecule has 136 valence electrons. The second-order valence-electron chi connectivity index (χ2n) is 7.36. The third-order valence-corrected chi connectivity index (χ3v) is 5.75. The molecule has 1 unspecified atom stereocenters. The van der Waals surface area contributed by atoms with E-state index in [0.717, 1.165) is 28.4 Å². The van der Waals surface area contributed by atoms with E-state index in [1.54, 1.807) is 17.4 Å². The molecule has 0 spiro atoms. The van der Waals surface area contributed by atoms with Crippen LogP contribution in [0, 0.1) is 12.8 Å². The summed E-state index contributed by atoms with van der Waals surface area (Å²) in [5, 5.41) is 5.18. The second kappa shape index (κ2) is 6.39. The van der Waals surface area contributed by atoms with Gasteiger partial charge in [0.15, 0.2) is 5.65 Å². The van der Waals surface area contributed by atoms with Gasteiger partial charge >= 0.3 is 0 Å². The number of aromatic nitrogens is 3. The predicted molar refractivity (Wildman–Crippen MR) is 103 cm³/mol. The van der Waals surface area contributed by atoms with Crippen molar-refractivity contribution in [1.82, 2.24) is 19.5 Å². The van der Waals surface area contributed by atoms with Crippen molar-refractivity contribution in [1.29, 1.82) is 0 Å². The Hall–Kier alpha value is -2.41. The van der Waals surface area contributed by atoms with Gasteiger partial charge in [-0.05, 0) is 24.3 Å².